The van der Waals surface area contributed by atoms with Crippen molar-refractivity contribution in [1.29, 1.82) is 5.26 Å². The molecule has 9 nitrogen and oxygen atoms in total. The Labute approximate surface area is 223 Å². The number of pyridine rings is 2. The molecule has 0 aromatic carbocycles. The van der Waals surface area contributed by atoms with Gasteiger partial charge in [0.1, 0.15) is 22.4 Å². The lowest BCUT2D eigenvalue weighted by atomic mass is 9.98. The first kappa shape index (κ1) is 18.0. The normalized spacial score (nSPS) is 22.9. The van der Waals surface area contributed by atoms with Gasteiger partial charge < -0.3 is 9.47 Å². The molecule has 0 aliphatic carbocycles. The Morgan fingerprint density at radius 3 is 2.81 bits per heavy atom. The number of nitriles is 1. The third-order valence-electron chi connectivity index (χ3n) is 6.93. The van der Waals surface area contributed by atoms with Gasteiger partial charge in [0.2, 0.25) is 0 Å². The van der Waals surface area contributed by atoms with Crippen LogP contribution in [0.15, 0.2) is 29.2 Å². The summed E-state index contributed by atoms with van der Waals surface area (Å²) in [4.78, 5) is 27.2. The minimum atomic E-state index is -2.74. The van der Waals surface area contributed by atoms with Crippen LogP contribution in [0.3, 0.4) is 0 Å². The zero-order valence-electron chi connectivity index (χ0n) is 26.5. The Balaban J connectivity index is 1.60. The van der Waals surface area contributed by atoms with Crippen LogP contribution in [0.4, 0.5) is 5.69 Å². The van der Waals surface area contributed by atoms with Gasteiger partial charge in [-0.3, -0.25) is 14.4 Å². The Bertz CT molecular complexity index is 1720. The van der Waals surface area contributed by atoms with Gasteiger partial charge in [0.25, 0.3) is 5.56 Å². The van der Waals surface area contributed by atoms with Crippen LogP contribution in [-0.2, 0) is 13.5 Å². The van der Waals surface area contributed by atoms with Gasteiger partial charge in [-0.25, -0.2) is 9.97 Å². The van der Waals surface area contributed by atoms with Crippen molar-refractivity contribution < 1.29 is 8.22 Å². The fourth-order valence-corrected chi connectivity index (χ4v) is 5.85. The van der Waals surface area contributed by atoms with Gasteiger partial charge in [-0.05, 0) is 38.8 Å². The summed E-state index contributed by atoms with van der Waals surface area (Å²) in [6.45, 7) is 1.44. The van der Waals surface area contributed by atoms with E-state index in [1.54, 1.807) is 6.07 Å². The second kappa shape index (κ2) is 9.64. The smallest absolute Gasteiger partial charge is 0.252 e. The van der Waals surface area contributed by atoms with Crippen molar-refractivity contribution in [3.63, 3.8) is 0 Å². The number of hydrogen-bond donors (Lipinski definition) is 0. The maximum atomic E-state index is 13.2. The molecule has 188 valence electrons. The molecule has 0 radical (unpaired) electrons. The first-order chi connectivity index (χ1) is 19.8. The first-order valence-corrected chi connectivity index (χ1v) is 12.9. The van der Waals surface area contributed by atoms with Crippen LogP contribution in [0, 0.1) is 18.3 Å². The molecular formula is C26H32N8OS. The quantitative estimate of drug-likeness (QED) is 0.387. The van der Waals surface area contributed by atoms with E-state index in [1.165, 1.54) is 28.3 Å². The van der Waals surface area contributed by atoms with Gasteiger partial charge in [0, 0.05) is 52.5 Å². The van der Waals surface area contributed by atoms with Crippen molar-refractivity contribution in [3.05, 3.63) is 45.5 Å². The minimum absolute atomic E-state index is 0.108. The molecule has 10 heteroatoms. The van der Waals surface area contributed by atoms with Crippen LogP contribution >= 0.6 is 11.3 Å². The molecule has 0 saturated carbocycles. The van der Waals surface area contributed by atoms with E-state index in [-0.39, 0.29) is 24.1 Å². The van der Waals surface area contributed by atoms with E-state index in [0.717, 1.165) is 15.1 Å². The highest BCUT2D eigenvalue weighted by Gasteiger charge is 2.36. The van der Waals surface area contributed by atoms with Crippen molar-refractivity contribution >= 4 is 38.4 Å². The van der Waals surface area contributed by atoms with Gasteiger partial charge >= 0.3 is 0 Å². The fourth-order valence-electron chi connectivity index (χ4n) is 5.06. The molecule has 36 heavy (non-hydrogen) atoms. The molecular weight excluding hydrogens is 472 g/mol. The van der Waals surface area contributed by atoms with Crippen LogP contribution in [0.5, 0.6) is 0 Å². The lowest BCUT2D eigenvalue weighted by molar-refractivity contribution is 0.0993. The Morgan fingerprint density at radius 1 is 1.25 bits per heavy atom. The lowest BCUT2D eigenvalue weighted by Crippen LogP contribution is -2.58. The summed E-state index contributed by atoms with van der Waals surface area (Å²) in [6.07, 6.45) is 2.67. The maximum Gasteiger partial charge on any atom is 0.252 e. The molecule has 5 heterocycles. The van der Waals surface area contributed by atoms with Gasteiger partial charge in [-0.1, -0.05) is 25.2 Å². The number of anilines is 1. The summed E-state index contributed by atoms with van der Waals surface area (Å²) >= 11 is 1.43. The Hall–Kier alpha value is -3.29. The van der Waals surface area contributed by atoms with E-state index in [0.29, 0.717) is 47.7 Å². The van der Waals surface area contributed by atoms with Gasteiger partial charge in [0.15, 0.2) is 0 Å². The molecule has 0 spiro atoms. The van der Waals surface area contributed by atoms with Crippen molar-refractivity contribution in [2.24, 2.45) is 6.98 Å². The van der Waals surface area contributed by atoms with E-state index in [9.17, 15) is 10.1 Å². The van der Waals surface area contributed by atoms with Crippen molar-refractivity contribution in [2.45, 2.75) is 65.1 Å². The molecule has 1 fully saturated rings. The highest BCUT2D eigenvalue weighted by molar-refractivity contribution is 7.18. The van der Waals surface area contributed by atoms with E-state index in [4.69, 9.17) is 13.2 Å². The zero-order chi connectivity index (χ0) is 30.6. The molecule has 1 unspecified atom stereocenters. The number of aryl methyl sites for hydroxylation is 2. The third-order valence-corrected chi connectivity index (χ3v) is 7.81. The molecule has 4 aromatic rings. The van der Waals surface area contributed by atoms with Crippen molar-refractivity contribution in [3.8, 4) is 6.07 Å². The third kappa shape index (κ3) is 4.16. The summed E-state index contributed by atoms with van der Waals surface area (Å²) in [7, 11) is 0. The van der Waals surface area contributed by atoms with Crippen LogP contribution in [0.1, 0.15) is 58.5 Å². The minimum Gasteiger partial charge on any atom is -0.364 e. The first-order valence-electron chi connectivity index (χ1n) is 15.0. The van der Waals surface area contributed by atoms with Crippen LogP contribution in [-0.4, -0.2) is 54.4 Å². The number of hydrogen-bond acceptors (Lipinski definition) is 8. The zero-order valence-corrected chi connectivity index (χ0v) is 21.3. The van der Waals surface area contributed by atoms with Crippen molar-refractivity contribution in [1.82, 2.24) is 29.2 Å². The van der Waals surface area contributed by atoms with Gasteiger partial charge in [-0.2, -0.15) is 10.4 Å². The summed E-state index contributed by atoms with van der Waals surface area (Å²) < 4.78 is 51.5. The molecule has 0 N–H and O–H groups in total. The Kier molecular flexibility index (Phi) is 4.83. The summed E-state index contributed by atoms with van der Waals surface area (Å²) in [5.41, 5.74) is 1.41. The standard InChI is InChI=1S/C26H32N8OS/c1-6-18-14-34(22-12-24(35)31(5)23-15-32(11-10-27)30-25(22)23)19(7-2)13-33(18)16(3)20-8-9-21-26(29-20)36-17(4)28-21/h8-9,12,15-16,18-19H,6-7,11,13-14H2,1-5H3/t16?,18-,19+/m1/s1/i3D3,5D3. The van der Waals surface area contributed by atoms with Gasteiger partial charge in [-0.15, -0.1) is 0 Å². The SMILES string of the molecule is [2H]C([2H])([2H])C(c1ccc2nc(C)sc2n1)N1C[C@H](CC)N(c2cc(=O)n(C([2H])([2H])[2H])c3cn(CC#N)nc23)C[C@H]1CC. The number of rotatable bonds is 6. The molecule has 1 saturated heterocycles. The molecule has 3 atom stereocenters. The van der Waals surface area contributed by atoms with Crippen LogP contribution in [0.2, 0.25) is 0 Å². The van der Waals surface area contributed by atoms with Crippen LogP contribution < -0.4 is 10.5 Å². The summed E-state index contributed by atoms with van der Waals surface area (Å²) in [6, 6.07) is 5.49. The highest BCUT2D eigenvalue weighted by Crippen LogP contribution is 2.34. The number of thiazole rings is 1. The van der Waals surface area contributed by atoms with E-state index in [1.807, 2.05) is 42.7 Å². The highest BCUT2D eigenvalue weighted by atomic mass is 32.1. The fraction of sp³-hybridized carbons (Fsp3) is 0.500. The second-order valence-corrected chi connectivity index (χ2v) is 10.3. The average Bonchev–Trinajstić information content (AvgIpc) is 3.48. The monoisotopic (exact) mass is 510 g/mol. The number of nitrogens with zero attached hydrogens (tertiary/aromatic N) is 8. The predicted molar refractivity (Wildman–Crippen MR) is 143 cm³/mol. The molecule has 0 amide bonds. The van der Waals surface area contributed by atoms with E-state index >= 15 is 0 Å². The number of piperazine rings is 1. The molecule has 0 bridgehead atoms. The van der Waals surface area contributed by atoms with Gasteiger partial charge in [0.05, 0.1) is 34.2 Å². The molecule has 4 aromatic heterocycles. The molecule has 1 aliphatic heterocycles. The summed E-state index contributed by atoms with van der Waals surface area (Å²) in [5, 5.41) is 14.6. The lowest BCUT2D eigenvalue weighted by Gasteiger charge is -2.49. The maximum absolute atomic E-state index is 13.2. The topological polar surface area (TPSA) is 95.9 Å². The van der Waals surface area contributed by atoms with Crippen molar-refractivity contribution in [2.75, 3.05) is 18.0 Å². The summed E-state index contributed by atoms with van der Waals surface area (Å²) in [5.74, 6) is 0. The second-order valence-electron chi connectivity index (χ2n) is 9.09. The number of fused-ring (bicyclic) bond motifs is 2. The number of aromatic nitrogens is 5. The predicted octanol–water partition coefficient (Wildman–Crippen LogP) is 4.01. The van der Waals surface area contributed by atoms with Crippen LogP contribution in [0.25, 0.3) is 21.4 Å². The van der Waals surface area contributed by atoms with E-state index in [2.05, 4.69) is 10.1 Å². The average molecular weight is 511 g/mol. The van der Waals surface area contributed by atoms with E-state index < -0.39 is 25.4 Å². The molecule has 5 rings (SSSR count). The molecule has 1 aliphatic rings. The Morgan fingerprint density at radius 2 is 2.08 bits per heavy atom. The largest absolute Gasteiger partial charge is 0.364 e.